The van der Waals surface area contributed by atoms with Crippen LogP contribution in [0.15, 0.2) is 10.7 Å². The van der Waals surface area contributed by atoms with Crippen LogP contribution in [0.25, 0.3) is 0 Å². The number of ether oxygens (including phenoxy) is 1. The lowest BCUT2D eigenvalue weighted by molar-refractivity contribution is 0.0519. The summed E-state index contributed by atoms with van der Waals surface area (Å²) in [6.07, 6.45) is 2.07. The average molecular weight is 227 g/mol. The van der Waals surface area contributed by atoms with Crippen LogP contribution in [0.1, 0.15) is 30.8 Å². The van der Waals surface area contributed by atoms with Gasteiger partial charge < -0.3 is 20.2 Å². The van der Waals surface area contributed by atoms with E-state index in [9.17, 15) is 4.79 Å². The highest BCUT2D eigenvalue weighted by Gasteiger charge is 2.12. The van der Waals surface area contributed by atoms with Crippen molar-refractivity contribution < 1.29 is 13.9 Å². The van der Waals surface area contributed by atoms with E-state index in [-0.39, 0.29) is 11.7 Å². The van der Waals surface area contributed by atoms with Crippen LogP contribution in [0.2, 0.25) is 0 Å². The van der Waals surface area contributed by atoms with Gasteiger partial charge in [-0.2, -0.15) is 4.98 Å². The smallest absolute Gasteiger partial charge is 0.360 e. The van der Waals surface area contributed by atoms with Gasteiger partial charge in [-0.1, -0.05) is 0 Å². The number of nitrogens with zero attached hydrogens (tertiary/aromatic N) is 1. The van der Waals surface area contributed by atoms with E-state index in [1.807, 2.05) is 6.92 Å². The molecule has 0 saturated carbocycles. The highest BCUT2D eigenvalue weighted by molar-refractivity contribution is 5.87. The molecule has 0 radical (unpaired) electrons. The van der Waals surface area contributed by atoms with Crippen LogP contribution in [0.5, 0.6) is 0 Å². The topological polar surface area (TPSA) is 90.4 Å². The first kappa shape index (κ1) is 12.5. The molecular weight excluding hydrogens is 210 g/mol. The van der Waals surface area contributed by atoms with Gasteiger partial charge in [0.15, 0.2) is 5.69 Å². The second-order valence-electron chi connectivity index (χ2n) is 3.45. The number of rotatable bonds is 6. The fourth-order valence-electron chi connectivity index (χ4n) is 1.06. The molecule has 0 fully saturated rings. The number of hydrogen-bond donors (Lipinski definition) is 2. The number of aromatic nitrogens is 1. The Morgan fingerprint density at radius 2 is 2.50 bits per heavy atom. The van der Waals surface area contributed by atoms with Crippen LogP contribution in [0.4, 0.5) is 6.01 Å². The summed E-state index contributed by atoms with van der Waals surface area (Å²) in [6.45, 7) is 4.63. The maximum absolute atomic E-state index is 11.2. The molecular formula is C10H17N3O3. The molecule has 1 aromatic heterocycles. The van der Waals surface area contributed by atoms with E-state index in [1.54, 1.807) is 6.92 Å². The molecule has 0 aliphatic rings. The number of carbonyl (C=O) groups excluding carboxylic acids is 1. The van der Waals surface area contributed by atoms with Gasteiger partial charge in [0.1, 0.15) is 6.26 Å². The molecule has 6 heteroatoms. The second kappa shape index (κ2) is 6.12. The fraction of sp³-hybridized carbons (Fsp3) is 0.600. The Balaban J connectivity index is 2.42. The molecule has 0 aromatic carbocycles. The molecule has 0 aliphatic carbocycles. The molecule has 1 atom stereocenters. The summed E-state index contributed by atoms with van der Waals surface area (Å²) in [6, 6.07) is 0.427. The van der Waals surface area contributed by atoms with Crippen LogP contribution in [0.3, 0.4) is 0 Å². The van der Waals surface area contributed by atoms with Crippen molar-refractivity contribution in [2.24, 2.45) is 5.73 Å². The van der Waals surface area contributed by atoms with Gasteiger partial charge in [-0.25, -0.2) is 4.79 Å². The zero-order valence-corrected chi connectivity index (χ0v) is 9.53. The lowest BCUT2D eigenvalue weighted by Crippen LogP contribution is -2.19. The van der Waals surface area contributed by atoms with Crippen molar-refractivity contribution in [3.63, 3.8) is 0 Å². The summed E-state index contributed by atoms with van der Waals surface area (Å²) < 4.78 is 9.82. The summed E-state index contributed by atoms with van der Waals surface area (Å²) in [5.74, 6) is -0.480. The zero-order chi connectivity index (χ0) is 12.0. The number of oxazole rings is 1. The number of esters is 1. The highest BCUT2D eigenvalue weighted by Crippen LogP contribution is 2.08. The molecule has 1 unspecified atom stereocenters. The lowest BCUT2D eigenvalue weighted by Gasteiger charge is -2.03. The third-order valence-corrected chi connectivity index (χ3v) is 1.86. The van der Waals surface area contributed by atoms with E-state index in [0.29, 0.717) is 19.2 Å². The zero-order valence-electron chi connectivity index (χ0n) is 9.53. The van der Waals surface area contributed by atoms with Crippen molar-refractivity contribution >= 4 is 12.0 Å². The Morgan fingerprint density at radius 1 is 1.75 bits per heavy atom. The number of carbonyl (C=O) groups is 1. The predicted molar refractivity (Wildman–Crippen MR) is 59.2 cm³/mol. The summed E-state index contributed by atoms with van der Waals surface area (Å²) in [5, 5.41) is 2.93. The van der Waals surface area contributed by atoms with E-state index in [0.717, 1.165) is 6.42 Å². The van der Waals surface area contributed by atoms with Gasteiger partial charge >= 0.3 is 5.97 Å². The minimum atomic E-state index is -0.480. The van der Waals surface area contributed by atoms with Crippen LogP contribution in [0, 0.1) is 0 Å². The molecule has 6 nitrogen and oxygen atoms in total. The van der Waals surface area contributed by atoms with Crippen molar-refractivity contribution in [1.82, 2.24) is 4.98 Å². The van der Waals surface area contributed by atoms with Crippen LogP contribution in [-0.4, -0.2) is 30.1 Å². The van der Waals surface area contributed by atoms with Crippen molar-refractivity contribution in [3.05, 3.63) is 12.0 Å². The van der Waals surface area contributed by atoms with Gasteiger partial charge in [0.2, 0.25) is 0 Å². The molecule has 16 heavy (non-hydrogen) atoms. The number of hydrogen-bond acceptors (Lipinski definition) is 6. The maximum atomic E-state index is 11.2. The average Bonchev–Trinajstić information content (AvgIpc) is 2.66. The Hall–Kier alpha value is -1.56. The van der Waals surface area contributed by atoms with Crippen LogP contribution < -0.4 is 11.1 Å². The first-order valence-electron chi connectivity index (χ1n) is 5.25. The predicted octanol–water partition coefficient (Wildman–Crippen LogP) is 1.00. The third kappa shape index (κ3) is 3.90. The molecule has 0 bridgehead atoms. The van der Waals surface area contributed by atoms with E-state index in [4.69, 9.17) is 14.9 Å². The summed E-state index contributed by atoms with van der Waals surface area (Å²) in [4.78, 5) is 15.2. The summed E-state index contributed by atoms with van der Waals surface area (Å²) >= 11 is 0. The quantitative estimate of drug-likeness (QED) is 0.704. The Kier molecular flexibility index (Phi) is 4.78. The van der Waals surface area contributed by atoms with Crippen molar-refractivity contribution in [3.8, 4) is 0 Å². The summed E-state index contributed by atoms with van der Waals surface area (Å²) in [5.41, 5.74) is 5.76. The van der Waals surface area contributed by atoms with Crippen LogP contribution in [-0.2, 0) is 4.74 Å². The van der Waals surface area contributed by atoms with Crippen LogP contribution >= 0.6 is 0 Å². The first-order valence-corrected chi connectivity index (χ1v) is 5.25. The SMILES string of the molecule is CCOC(=O)c1coc(NCCC(C)N)n1. The van der Waals surface area contributed by atoms with Gasteiger partial charge in [-0.15, -0.1) is 0 Å². The van der Waals surface area contributed by atoms with Gasteiger partial charge in [0, 0.05) is 12.6 Å². The highest BCUT2D eigenvalue weighted by atomic mass is 16.5. The van der Waals surface area contributed by atoms with E-state index in [2.05, 4.69) is 10.3 Å². The first-order chi connectivity index (χ1) is 7.63. The number of nitrogens with two attached hydrogens (primary N) is 1. The third-order valence-electron chi connectivity index (χ3n) is 1.86. The standard InChI is InChI=1S/C10H17N3O3/c1-3-15-9(14)8-6-16-10(13-8)12-5-4-7(2)11/h6-7H,3-5,11H2,1-2H3,(H,12,13). The van der Waals surface area contributed by atoms with Gasteiger partial charge in [-0.05, 0) is 20.3 Å². The molecule has 1 heterocycles. The van der Waals surface area contributed by atoms with Crippen molar-refractivity contribution in [2.75, 3.05) is 18.5 Å². The summed E-state index contributed by atoms with van der Waals surface area (Å²) in [7, 11) is 0. The monoisotopic (exact) mass is 227 g/mol. The molecule has 0 saturated heterocycles. The lowest BCUT2D eigenvalue weighted by atomic mass is 10.2. The molecule has 3 N–H and O–H groups in total. The fourth-order valence-corrected chi connectivity index (χ4v) is 1.06. The van der Waals surface area contributed by atoms with E-state index < -0.39 is 5.97 Å². The molecule has 1 aromatic rings. The van der Waals surface area contributed by atoms with E-state index in [1.165, 1.54) is 6.26 Å². The number of anilines is 1. The minimum Gasteiger partial charge on any atom is -0.461 e. The maximum Gasteiger partial charge on any atom is 0.360 e. The minimum absolute atomic E-state index is 0.118. The van der Waals surface area contributed by atoms with E-state index >= 15 is 0 Å². The van der Waals surface area contributed by atoms with Gasteiger partial charge in [0.05, 0.1) is 6.61 Å². The second-order valence-corrected chi connectivity index (χ2v) is 3.45. The number of nitrogens with one attached hydrogen (secondary N) is 1. The molecule has 0 amide bonds. The molecule has 0 spiro atoms. The Morgan fingerprint density at radius 3 is 3.12 bits per heavy atom. The Bertz CT molecular complexity index is 336. The van der Waals surface area contributed by atoms with Gasteiger partial charge in [0.25, 0.3) is 6.01 Å². The van der Waals surface area contributed by atoms with Gasteiger partial charge in [-0.3, -0.25) is 0 Å². The molecule has 90 valence electrons. The normalized spacial score (nSPS) is 12.2. The van der Waals surface area contributed by atoms with Crippen molar-refractivity contribution in [2.45, 2.75) is 26.3 Å². The largest absolute Gasteiger partial charge is 0.461 e. The molecule has 1 rings (SSSR count). The Labute approximate surface area is 94.2 Å². The van der Waals surface area contributed by atoms with Crippen molar-refractivity contribution in [1.29, 1.82) is 0 Å². The molecule has 0 aliphatic heterocycles.